The highest BCUT2D eigenvalue weighted by molar-refractivity contribution is 9.09. The summed E-state index contributed by atoms with van der Waals surface area (Å²) in [6, 6.07) is 0. The Kier molecular flexibility index (Phi) is 64.0. The first-order chi connectivity index (χ1) is 9.66. The van der Waals surface area contributed by atoms with Crippen molar-refractivity contribution in [2.45, 2.75) is 79.1 Å². The first kappa shape index (κ1) is 29.9. The summed E-state index contributed by atoms with van der Waals surface area (Å²) in [6.45, 7) is 8.73. The van der Waals surface area contributed by atoms with E-state index in [9.17, 15) is 0 Å². The molecule has 0 aliphatic rings. The molecule has 4 heteroatoms. The molecule has 0 saturated heterocycles. The van der Waals surface area contributed by atoms with Gasteiger partial charge in [-0.2, -0.15) is 0 Å². The Balaban J connectivity index is -0.0000000853. The van der Waals surface area contributed by atoms with Gasteiger partial charge in [-0.25, -0.2) is 0 Å². The average molecular weight is 548 g/mol. The lowest BCUT2D eigenvalue weighted by molar-refractivity contribution is 0.902. The van der Waals surface area contributed by atoms with Crippen molar-refractivity contribution in [2.75, 3.05) is 21.3 Å². The van der Waals surface area contributed by atoms with Gasteiger partial charge in [-0.3, -0.25) is 0 Å². The minimum atomic E-state index is 1.16. The van der Waals surface area contributed by atoms with Gasteiger partial charge in [0.1, 0.15) is 0 Å². The molecule has 0 saturated carbocycles. The van der Waals surface area contributed by atoms with E-state index < -0.39 is 0 Å². The minimum absolute atomic E-state index is 1.16. The second kappa shape index (κ2) is 42.8. The molecule has 0 fully saturated rings. The third-order valence-corrected chi connectivity index (χ3v) is 4.19. The van der Waals surface area contributed by atoms with Crippen LogP contribution in [0, 0.1) is 0 Å². The first-order valence-electron chi connectivity index (χ1n) is 7.90. The van der Waals surface area contributed by atoms with Crippen LogP contribution in [-0.4, -0.2) is 21.3 Å². The SMILES string of the molecule is CCCCBr.CCCCBr.CCCCBr.CCCCBr. The fourth-order valence-corrected chi connectivity index (χ4v) is 2.78. The number of halogens is 4. The quantitative estimate of drug-likeness (QED) is 0.266. The summed E-state index contributed by atoms with van der Waals surface area (Å²) in [5.74, 6) is 0. The largest absolute Gasteiger partial charge is 0.0928 e. The van der Waals surface area contributed by atoms with Gasteiger partial charge in [0.25, 0.3) is 0 Å². The van der Waals surface area contributed by atoms with Crippen LogP contribution in [0.25, 0.3) is 0 Å². The maximum atomic E-state index is 3.31. The van der Waals surface area contributed by atoms with E-state index in [1.165, 1.54) is 51.4 Å². The van der Waals surface area contributed by atoms with E-state index in [4.69, 9.17) is 0 Å². The Bertz CT molecular complexity index is 68.5. The standard InChI is InChI=1S/4C4H9Br/c4*1-2-3-4-5/h4*2-4H2,1H3. The monoisotopic (exact) mass is 544 g/mol. The summed E-state index contributed by atoms with van der Waals surface area (Å²) in [5, 5.41) is 4.62. The van der Waals surface area contributed by atoms with Gasteiger partial charge >= 0.3 is 0 Å². The molecule has 128 valence electrons. The van der Waals surface area contributed by atoms with Crippen molar-refractivity contribution in [2.24, 2.45) is 0 Å². The zero-order valence-electron chi connectivity index (χ0n) is 14.0. The fraction of sp³-hybridized carbons (Fsp3) is 1.00. The summed E-state index contributed by atoms with van der Waals surface area (Å²) in [7, 11) is 0. The van der Waals surface area contributed by atoms with Crippen molar-refractivity contribution < 1.29 is 0 Å². The van der Waals surface area contributed by atoms with Gasteiger partial charge < -0.3 is 0 Å². The Labute approximate surface area is 163 Å². The van der Waals surface area contributed by atoms with Crippen molar-refractivity contribution in [3.8, 4) is 0 Å². The molecule has 0 N–H and O–H groups in total. The van der Waals surface area contributed by atoms with Crippen LogP contribution in [0.2, 0.25) is 0 Å². The van der Waals surface area contributed by atoms with E-state index in [0.717, 1.165) is 21.3 Å². The summed E-state index contributed by atoms with van der Waals surface area (Å²) in [4.78, 5) is 0. The predicted octanol–water partition coefficient (Wildman–Crippen LogP) is 8.73. The summed E-state index contributed by atoms with van der Waals surface area (Å²) in [6.07, 6.45) is 10.4. The molecule has 0 bridgehead atoms. The van der Waals surface area contributed by atoms with Crippen molar-refractivity contribution in [1.82, 2.24) is 0 Å². The Morgan fingerprint density at radius 2 is 0.550 bits per heavy atom. The average Bonchev–Trinajstić information content (AvgIpc) is 2.44. The fourth-order valence-electron chi connectivity index (χ4n) is 0.535. The Hall–Kier alpha value is 1.92. The number of rotatable bonds is 8. The molecule has 20 heavy (non-hydrogen) atoms. The second-order valence-electron chi connectivity index (χ2n) is 4.17. The summed E-state index contributed by atoms with van der Waals surface area (Å²) in [5.41, 5.74) is 0. The van der Waals surface area contributed by atoms with Crippen LogP contribution in [-0.2, 0) is 0 Å². The number of unbranched alkanes of at least 4 members (excludes halogenated alkanes) is 4. The molecule has 0 radical (unpaired) electrons. The molecular weight excluding hydrogens is 512 g/mol. The van der Waals surface area contributed by atoms with Crippen molar-refractivity contribution in [1.29, 1.82) is 0 Å². The molecule has 0 spiro atoms. The summed E-state index contributed by atoms with van der Waals surface area (Å²) < 4.78 is 0. The van der Waals surface area contributed by atoms with E-state index in [2.05, 4.69) is 91.4 Å². The molecule has 0 aromatic rings. The van der Waals surface area contributed by atoms with E-state index in [1.54, 1.807) is 0 Å². The molecular formula is C16H36Br4. The topological polar surface area (TPSA) is 0 Å². The first-order valence-corrected chi connectivity index (χ1v) is 12.4. The van der Waals surface area contributed by atoms with E-state index in [0.29, 0.717) is 0 Å². The van der Waals surface area contributed by atoms with Crippen molar-refractivity contribution in [3.05, 3.63) is 0 Å². The van der Waals surface area contributed by atoms with Crippen LogP contribution in [0.1, 0.15) is 79.1 Å². The third kappa shape index (κ3) is 72.5. The minimum Gasteiger partial charge on any atom is -0.0928 e. The molecule has 0 nitrogen and oxygen atoms in total. The van der Waals surface area contributed by atoms with Crippen LogP contribution in [0.5, 0.6) is 0 Å². The Morgan fingerprint density at radius 1 is 0.400 bits per heavy atom. The third-order valence-electron chi connectivity index (χ3n) is 1.95. The molecule has 0 heterocycles. The zero-order valence-corrected chi connectivity index (χ0v) is 20.3. The number of alkyl halides is 4. The second-order valence-corrected chi connectivity index (χ2v) is 7.34. The predicted molar refractivity (Wildman–Crippen MR) is 115 cm³/mol. The van der Waals surface area contributed by atoms with Gasteiger partial charge in [-0.05, 0) is 25.7 Å². The van der Waals surface area contributed by atoms with Crippen molar-refractivity contribution in [3.63, 3.8) is 0 Å². The molecule has 0 aliphatic heterocycles. The van der Waals surface area contributed by atoms with E-state index >= 15 is 0 Å². The van der Waals surface area contributed by atoms with Gasteiger partial charge in [0.05, 0.1) is 0 Å². The maximum absolute atomic E-state index is 3.31. The number of hydrogen-bond donors (Lipinski definition) is 0. The highest BCUT2D eigenvalue weighted by Gasteiger charge is 1.71. The van der Waals surface area contributed by atoms with Crippen LogP contribution in [0.4, 0.5) is 0 Å². The molecule has 0 rings (SSSR count). The molecule has 0 aromatic heterocycles. The Morgan fingerprint density at radius 3 is 0.550 bits per heavy atom. The van der Waals surface area contributed by atoms with Gasteiger partial charge in [0.15, 0.2) is 0 Å². The van der Waals surface area contributed by atoms with E-state index in [-0.39, 0.29) is 0 Å². The van der Waals surface area contributed by atoms with Crippen LogP contribution >= 0.6 is 63.7 Å². The molecule has 0 unspecified atom stereocenters. The van der Waals surface area contributed by atoms with Gasteiger partial charge in [-0.15, -0.1) is 0 Å². The van der Waals surface area contributed by atoms with Gasteiger partial charge in [0.2, 0.25) is 0 Å². The van der Waals surface area contributed by atoms with E-state index in [1.807, 2.05) is 0 Å². The van der Waals surface area contributed by atoms with Crippen LogP contribution in [0.3, 0.4) is 0 Å². The molecule has 0 aromatic carbocycles. The number of hydrogen-bond acceptors (Lipinski definition) is 0. The maximum Gasteiger partial charge on any atom is 0.00312 e. The highest BCUT2D eigenvalue weighted by atomic mass is 79.9. The zero-order chi connectivity index (χ0) is 16.5. The van der Waals surface area contributed by atoms with Crippen molar-refractivity contribution >= 4 is 63.7 Å². The smallest absolute Gasteiger partial charge is 0.00312 e. The normalized spacial score (nSPS) is 8.40. The van der Waals surface area contributed by atoms with Gasteiger partial charge in [0, 0.05) is 21.3 Å². The highest BCUT2D eigenvalue weighted by Crippen LogP contribution is 1.90. The van der Waals surface area contributed by atoms with Gasteiger partial charge in [-0.1, -0.05) is 117 Å². The van der Waals surface area contributed by atoms with Crippen LogP contribution in [0.15, 0.2) is 0 Å². The molecule has 0 atom stereocenters. The van der Waals surface area contributed by atoms with Crippen LogP contribution < -0.4 is 0 Å². The lowest BCUT2D eigenvalue weighted by atomic mass is 10.4. The molecule has 0 aliphatic carbocycles. The lowest BCUT2D eigenvalue weighted by Gasteiger charge is -1.77. The lowest BCUT2D eigenvalue weighted by Crippen LogP contribution is -1.64. The molecule has 0 amide bonds. The summed E-state index contributed by atoms with van der Waals surface area (Å²) >= 11 is 13.2.